The number of pyridine rings is 1. The summed E-state index contributed by atoms with van der Waals surface area (Å²) in [4.78, 5) is 3.81. The summed E-state index contributed by atoms with van der Waals surface area (Å²) in [6, 6.07) is 6.76. The van der Waals surface area contributed by atoms with Gasteiger partial charge in [0.05, 0.1) is 0 Å². The molecule has 0 aliphatic carbocycles. The number of aryl methyl sites for hydroxylation is 1. The summed E-state index contributed by atoms with van der Waals surface area (Å²) in [5.41, 5.74) is 2.94. The summed E-state index contributed by atoms with van der Waals surface area (Å²) >= 11 is 0. The van der Waals surface area contributed by atoms with E-state index in [9.17, 15) is 12.8 Å². The van der Waals surface area contributed by atoms with Gasteiger partial charge in [-0.05, 0) is 42.8 Å². The molecule has 0 atom stereocenters. The minimum Gasteiger partial charge on any atom is -0.308 e. The molecular formula is C12H13FN4O2S. The highest BCUT2D eigenvalue weighted by molar-refractivity contribution is 7.92. The second-order valence-corrected chi connectivity index (χ2v) is 5.78. The first-order chi connectivity index (χ1) is 9.42. The van der Waals surface area contributed by atoms with Crippen molar-refractivity contribution in [1.82, 2.24) is 4.98 Å². The van der Waals surface area contributed by atoms with Gasteiger partial charge in [0.15, 0.2) is 0 Å². The Morgan fingerprint density at radius 1 is 1.25 bits per heavy atom. The Balaban J connectivity index is 2.27. The van der Waals surface area contributed by atoms with Crippen LogP contribution in [0.15, 0.2) is 41.4 Å². The van der Waals surface area contributed by atoms with E-state index in [1.165, 1.54) is 36.5 Å². The summed E-state index contributed by atoms with van der Waals surface area (Å²) < 4.78 is 39.7. The molecule has 0 spiro atoms. The lowest BCUT2D eigenvalue weighted by Gasteiger charge is -2.09. The lowest BCUT2D eigenvalue weighted by molar-refractivity contribution is 0.600. The number of nitrogens with one attached hydrogen (secondary N) is 2. The number of aromatic nitrogens is 1. The van der Waals surface area contributed by atoms with E-state index in [-0.39, 0.29) is 10.6 Å². The molecule has 1 aromatic carbocycles. The van der Waals surface area contributed by atoms with E-state index in [1.54, 1.807) is 6.92 Å². The highest BCUT2D eigenvalue weighted by Gasteiger charge is 2.15. The van der Waals surface area contributed by atoms with E-state index in [1.807, 2.05) is 0 Å². The number of nitrogens with zero attached hydrogens (tertiary/aromatic N) is 1. The second-order valence-electron chi connectivity index (χ2n) is 4.09. The minimum atomic E-state index is -3.77. The van der Waals surface area contributed by atoms with E-state index in [0.29, 0.717) is 11.4 Å². The Kier molecular flexibility index (Phi) is 3.86. The van der Waals surface area contributed by atoms with Crippen molar-refractivity contribution in [2.75, 3.05) is 10.1 Å². The van der Waals surface area contributed by atoms with Gasteiger partial charge in [-0.3, -0.25) is 4.72 Å². The number of hydrogen-bond donors (Lipinski definition) is 3. The molecule has 0 aliphatic rings. The first-order valence-corrected chi connectivity index (χ1v) is 7.12. The number of benzene rings is 1. The van der Waals surface area contributed by atoms with Crippen LogP contribution in [0.1, 0.15) is 5.56 Å². The summed E-state index contributed by atoms with van der Waals surface area (Å²) in [6.07, 6.45) is 1.17. The normalized spacial score (nSPS) is 11.2. The fraction of sp³-hybridized carbons (Fsp3) is 0.0833. The molecule has 0 unspecified atom stereocenters. The van der Waals surface area contributed by atoms with Gasteiger partial charge >= 0.3 is 0 Å². The molecule has 0 saturated carbocycles. The quantitative estimate of drug-likeness (QED) is 0.588. The number of anilines is 2. The third-order valence-corrected chi connectivity index (χ3v) is 3.97. The molecule has 1 aromatic heterocycles. The van der Waals surface area contributed by atoms with Crippen LogP contribution >= 0.6 is 0 Å². The molecule has 2 rings (SSSR count). The summed E-state index contributed by atoms with van der Waals surface area (Å²) in [7, 11) is -3.77. The summed E-state index contributed by atoms with van der Waals surface area (Å²) in [5.74, 6) is 5.10. The van der Waals surface area contributed by atoms with E-state index >= 15 is 0 Å². The van der Waals surface area contributed by atoms with Crippen molar-refractivity contribution in [3.8, 4) is 0 Å². The number of nitrogens with two attached hydrogens (primary N) is 1. The van der Waals surface area contributed by atoms with Crippen LogP contribution in [-0.2, 0) is 10.0 Å². The van der Waals surface area contributed by atoms with E-state index in [0.717, 1.165) is 0 Å². The Bertz CT molecular complexity index is 717. The van der Waals surface area contributed by atoms with Crippen LogP contribution in [0.25, 0.3) is 0 Å². The smallest absolute Gasteiger partial charge is 0.263 e. The highest BCUT2D eigenvalue weighted by Crippen LogP contribution is 2.18. The van der Waals surface area contributed by atoms with Crippen molar-refractivity contribution in [1.29, 1.82) is 0 Å². The van der Waals surface area contributed by atoms with E-state index in [4.69, 9.17) is 5.84 Å². The molecular weight excluding hydrogens is 283 g/mol. The average Bonchev–Trinajstić information content (AvgIpc) is 2.43. The van der Waals surface area contributed by atoms with Crippen molar-refractivity contribution in [3.63, 3.8) is 0 Å². The van der Waals surface area contributed by atoms with Gasteiger partial charge < -0.3 is 5.43 Å². The predicted molar refractivity (Wildman–Crippen MR) is 74.0 cm³/mol. The van der Waals surface area contributed by atoms with Crippen molar-refractivity contribution in [2.24, 2.45) is 5.84 Å². The first-order valence-electron chi connectivity index (χ1n) is 5.64. The van der Waals surface area contributed by atoms with Gasteiger partial charge in [0.25, 0.3) is 10.0 Å². The van der Waals surface area contributed by atoms with Crippen molar-refractivity contribution in [2.45, 2.75) is 11.8 Å². The molecule has 4 N–H and O–H groups in total. The SMILES string of the molecule is Cc1cc(NS(=O)(=O)c2ccc(NN)nc2)ccc1F. The lowest BCUT2D eigenvalue weighted by Crippen LogP contribution is -2.14. The van der Waals surface area contributed by atoms with Gasteiger partial charge in [-0.2, -0.15) is 0 Å². The molecule has 8 heteroatoms. The fourth-order valence-electron chi connectivity index (χ4n) is 1.55. The topological polar surface area (TPSA) is 97.1 Å². The molecule has 0 radical (unpaired) electrons. The number of sulfonamides is 1. The third-order valence-electron chi connectivity index (χ3n) is 2.60. The zero-order valence-electron chi connectivity index (χ0n) is 10.6. The Morgan fingerprint density at radius 2 is 2.00 bits per heavy atom. The van der Waals surface area contributed by atoms with Gasteiger partial charge in [0.2, 0.25) is 0 Å². The predicted octanol–water partition coefficient (Wildman–Crippen LogP) is 1.62. The maximum atomic E-state index is 13.1. The van der Waals surface area contributed by atoms with Crippen LogP contribution < -0.4 is 16.0 Å². The van der Waals surface area contributed by atoms with Gasteiger partial charge in [-0.1, -0.05) is 0 Å². The largest absolute Gasteiger partial charge is 0.308 e. The zero-order chi connectivity index (χ0) is 14.8. The summed E-state index contributed by atoms with van der Waals surface area (Å²) in [5, 5.41) is 0. The number of rotatable bonds is 4. The summed E-state index contributed by atoms with van der Waals surface area (Å²) in [6.45, 7) is 1.55. The molecule has 2 aromatic rings. The van der Waals surface area contributed by atoms with Gasteiger partial charge in [-0.15, -0.1) is 0 Å². The standard InChI is InChI=1S/C12H13FN4O2S/c1-8-6-9(2-4-11(8)13)17-20(18,19)10-3-5-12(16-14)15-7-10/h2-7,17H,14H2,1H3,(H,15,16). The van der Waals surface area contributed by atoms with Crippen molar-refractivity contribution < 1.29 is 12.8 Å². The van der Waals surface area contributed by atoms with Crippen LogP contribution in [0.2, 0.25) is 0 Å². The van der Waals surface area contributed by atoms with Crippen molar-refractivity contribution >= 4 is 21.5 Å². The highest BCUT2D eigenvalue weighted by atomic mass is 32.2. The van der Waals surface area contributed by atoms with Crippen LogP contribution in [-0.4, -0.2) is 13.4 Å². The Labute approximate surface area is 115 Å². The molecule has 6 nitrogen and oxygen atoms in total. The van der Waals surface area contributed by atoms with Gasteiger partial charge in [0, 0.05) is 11.9 Å². The van der Waals surface area contributed by atoms with Crippen LogP contribution in [0.5, 0.6) is 0 Å². The molecule has 1 heterocycles. The molecule has 0 bridgehead atoms. The number of hydrazine groups is 1. The van der Waals surface area contributed by atoms with E-state index in [2.05, 4.69) is 15.1 Å². The van der Waals surface area contributed by atoms with Crippen molar-refractivity contribution in [3.05, 3.63) is 47.9 Å². The first kappa shape index (κ1) is 14.2. The molecule has 20 heavy (non-hydrogen) atoms. The third kappa shape index (κ3) is 3.03. The fourth-order valence-corrected chi connectivity index (χ4v) is 2.54. The maximum absolute atomic E-state index is 13.1. The van der Waals surface area contributed by atoms with Gasteiger partial charge in [-0.25, -0.2) is 23.6 Å². The maximum Gasteiger partial charge on any atom is 0.263 e. The zero-order valence-corrected chi connectivity index (χ0v) is 11.4. The van der Waals surface area contributed by atoms with Crippen LogP contribution in [0, 0.1) is 12.7 Å². The number of nitrogen functional groups attached to an aromatic ring is 1. The van der Waals surface area contributed by atoms with Crippen LogP contribution in [0.3, 0.4) is 0 Å². The molecule has 0 saturated heterocycles. The number of halogens is 1. The van der Waals surface area contributed by atoms with E-state index < -0.39 is 15.8 Å². The minimum absolute atomic E-state index is 0.0153. The molecule has 106 valence electrons. The van der Waals surface area contributed by atoms with Crippen LogP contribution in [0.4, 0.5) is 15.9 Å². The lowest BCUT2D eigenvalue weighted by atomic mass is 10.2. The van der Waals surface area contributed by atoms with Gasteiger partial charge in [0.1, 0.15) is 16.5 Å². The Morgan fingerprint density at radius 3 is 2.55 bits per heavy atom. The molecule has 0 amide bonds. The molecule has 0 aliphatic heterocycles. The average molecular weight is 296 g/mol. The second kappa shape index (κ2) is 5.43. The monoisotopic (exact) mass is 296 g/mol. The number of hydrogen-bond acceptors (Lipinski definition) is 5. The Hall–Kier alpha value is -2.19. The molecule has 0 fully saturated rings.